The van der Waals surface area contributed by atoms with E-state index in [1.807, 2.05) is 0 Å². The molecule has 0 bridgehead atoms. The maximum absolute atomic E-state index is 9.94. The quantitative estimate of drug-likeness (QED) is 0.455. The van der Waals surface area contributed by atoms with E-state index in [9.17, 15) is 10.1 Å². The van der Waals surface area contributed by atoms with Crippen molar-refractivity contribution < 1.29 is 4.92 Å². The zero-order chi connectivity index (χ0) is 7.40. The average molecular weight is 160 g/mol. The molecule has 0 spiro atoms. The summed E-state index contributed by atoms with van der Waals surface area (Å²) in [5.74, 6) is 0.979. The van der Waals surface area contributed by atoms with Gasteiger partial charge in [0.05, 0.1) is 4.92 Å². The Morgan fingerprint density at radius 1 is 1.80 bits per heavy atom. The number of nitrogens with zero attached hydrogens (tertiary/aromatic N) is 1. The molecule has 0 atom stereocenters. The topological polar surface area (TPSA) is 55.2 Å². The Balaban J connectivity index is 2.45. The number of thioether (sulfide) groups is 1. The third-order valence-corrected chi connectivity index (χ3v) is 2.15. The normalized spacial score (nSPS) is 22.2. The van der Waals surface area contributed by atoms with Crippen LogP contribution in [0, 0.1) is 10.1 Å². The minimum atomic E-state index is -0.430. The second kappa shape index (κ2) is 3.46. The zero-order valence-corrected chi connectivity index (χ0v) is 6.19. The van der Waals surface area contributed by atoms with Gasteiger partial charge in [-0.2, -0.15) is 0 Å². The predicted molar refractivity (Wildman–Crippen MR) is 40.2 cm³/mol. The van der Waals surface area contributed by atoms with E-state index in [1.165, 1.54) is 11.8 Å². The van der Waals surface area contributed by atoms with E-state index in [4.69, 9.17) is 0 Å². The first-order valence-electron chi connectivity index (χ1n) is 3.01. The van der Waals surface area contributed by atoms with Crippen molar-refractivity contribution in [3.63, 3.8) is 0 Å². The van der Waals surface area contributed by atoms with Crippen LogP contribution >= 0.6 is 11.8 Å². The van der Waals surface area contributed by atoms with Gasteiger partial charge in [0.2, 0.25) is 0 Å². The maximum Gasteiger partial charge on any atom is 0.263 e. The molecule has 1 saturated heterocycles. The van der Waals surface area contributed by atoms with Crippen LogP contribution in [0.25, 0.3) is 0 Å². The predicted octanol–water partition coefficient (Wildman–Crippen LogP) is 0.788. The SMILES string of the molecule is O=[N+]([O-])/C=C1/NCCCS1. The van der Waals surface area contributed by atoms with Crippen LogP contribution in [0.5, 0.6) is 0 Å². The fourth-order valence-electron chi connectivity index (χ4n) is 0.696. The number of nitro groups is 1. The van der Waals surface area contributed by atoms with E-state index in [0.29, 0.717) is 5.03 Å². The van der Waals surface area contributed by atoms with Gasteiger partial charge in [0.15, 0.2) is 0 Å². The summed E-state index contributed by atoms with van der Waals surface area (Å²) in [6.07, 6.45) is 2.10. The highest BCUT2D eigenvalue weighted by Gasteiger charge is 2.07. The Bertz CT molecular complexity index is 161. The van der Waals surface area contributed by atoms with Gasteiger partial charge in [-0.15, -0.1) is 11.8 Å². The van der Waals surface area contributed by atoms with Crippen molar-refractivity contribution in [1.29, 1.82) is 0 Å². The highest BCUT2D eigenvalue weighted by molar-refractivity contribution is 8.03. The van der Waals surface area contributed by atoms with Crippen LogP contribution < -0.4 is 5.32 Å². The fraction of sp³-hybridized carbons (Fsp3) is 0.600. The number of nitrogens with one attached hydrogen (secondary N) is 1. The molecular weight excluding hydrogens is 152 g/mol. The Hall–Kier alpha value is -0.710. The summed E-state index contributed by atoms with van der Waals surface area (Å²) in [6, 6.07) is 0. The second-order valence-electron chi connectivity index (χ2n) is 1.91. The van der Waals surface area contributed by atoms with Gasteiger partial charge >= 0.3 is 0 Å². The molecule has 1 rings (SSSR count). The molecule has 0 aromatic rings. The van der Waals surface area contributed by atoms with Gasteiger partial charge in [-0.25, -0.2) is 0 Å². The molecule has 10 heavy (non-hydrogen) atoms. The van der Waals surface area contributed by atoms with Crippen molar-refractivity contribution in [2.45, 2.75) is 6.42 Å². The first-order chi connectivity index (χ1) is 4.79. The molecule has 5 heteroatoms. The Morgan fingerprint density at radius 3 is 3.10 bits per heavy atom. The third-order valence-electron chi connectivity index (χ3n) is 1.10. The highest BCUT2D eigenvalue weighted by atomic mass is 32.2. The van der Waals surface area contributed by atoms with Gasteiger partial charge < -0.3 is 5.32 Å². The van der Waals surface area contributed by atoms with Crippen LogP contribution in [0.4, 0.5) is 0 Å². The molecule has 1 aliphatic rings. The van der Waals surface area contributed by atoms with E-state index >= 15 is 0 Å². The lowest BCUT2D eigenvalue weighted by Crippen LogP contribution is -2.19. The monoisotopic (exact) mass is 160 g/mol. The van der Waals surface area contributed by atoms with E-state index in [0.717, 1.165) is 24.9 Å². The van der Waals surface area contributed by atoms with Crippen molar-refractivity contribution in [2.75, 3.05) is 12.3 Å². The van der Waals surface area contributed by atoms with Gasteiger partial charge in [0.25, 0.3) is 6.20 Å². The smallest absolute Gasteiger partial charge is 0.263 e. The van der Waals surface area contributed by atoms with Gasteiger partial charge in [0, 0.05) is 12.3 Å². The van der Waals surface area contributed by atoms with Crippen molar-refractivity contribution in [2.24, 2.45) is 0 Å². The first kappa shape index (κ1) is 7.40. The van der Waals surface area contributed by atoms with Crippen LogP contribution in [0.1, 0.15) is 6.42 Å². The minimum Gasteiger partial charge on any atom is -0.375 e. The lowest BCUT2D eigenvalue weighted by Gasteiger charge is -2.12. The molecule has 4 nitrogen and oxygen atoms in total. The first-order valence-corrected chi connectivity index (χ1v) is 3.99. The van der Waals surface area contributed by atoms with Gasteiger partial charge in [-0.1, -0.05) is 0 Å². The van der Waals surface area contributed by atoms with Crippen LogP contribution in [-0.2, 0) is 0 Å². The fourth-order valence-corrected chi connectivity index (χ4v) is 1.57. The summed E-state index contributed by atoms with van der Waals surface area (Å²) < 4.78 is 0. The van der Waals surface area contributed by atoms with Crippen molar-refractivity contribution >= 4 is 11.8 Å². The summed E-state index contributed by atoms with van der Waals surface area (Å²) in [4.78, 5) is 9.51. The second-order valence-corrected chi connectivity index (χ2v) is 3.04. The maximum atomic E-state index is 9.94. The Labute approximate surface area is 62.8 Å². The van der Waals surface area contributed by atoms with Crippen LogP contribution in [-0.4, -0.2) is 17.2 Å². The number of rotatable bonds is 1. The van der Waals surface area contributed by atoms with Gasteiger partial charge in [-0.3, -0.25) is 10.1 Å². The molecule has 0 aromatic carbocycles. The molecule has 0 unspecified atom stereocenters. The molecule has 0 aliphatic carbocycles. The minimum absolute atomic E-state index is 0.430. The summed E-state index contributed by atoms with van der Waals surface area (Å²) >= 11 is 1.50. The molecule has 1 heterocycles. The molecule has 1 fully saturated rings. The zero-order valence-electron chi connectivity index (χ0n) is 5.37. The summed E-state index contributed by atoms with van der Waals surface area (Å²) in [7, 11) is 0. The molecular formula is C5H8N2O2S. The van der Waals surface area contributed by atoms with Crippen LogP contribution in [0.15, 0.2) is 11.2 Å². The van der Waals surface area contributed by atoms with Crippen LogP contribution in [0.3, 0.4) is 0 Å². The van der Waals surface area contributed by atoms with Crippen molar-refractivity contribution in [3.8, 4) is 0 Å². The molecule has 0 radical (unpaired) electrons. The van der Waals surface area contributed by atoms with Crippen molar-refractivity contribution in [1.82, 2.24) is 5.32 Å². The lowest BCUT2D eigenvalue weighted by atomic mass is 10.5. The van der Waals surface area contributed by atoms with Gasteiger partial charge in [0.1, 0.15) is 5.03 Å². The number of hydrogen-bond donors (Lipinski definition) is 1. The van der Waals surface area contributed by atoms with Crippen LogP contribution in [0.2, 0.25) is 0 Å². The molecule has 0 aromatic heterocycles. The molecule has 0 saturated carbocycles. The Kier molecular flexibility index (Phi) is 2.56. The van der Waals surface area contributed by atoms with Gasteiger partial charge in [-0.05, 0) is 6.42 Å². The largest absolute Gasteiger partial charge is 0.375 e. The van der Waals surface area contributed by atoms with E-state index < -0.39 is 4.92 Å². The van der Waals surface area contributed by atoms with E-state index in [2.05, 4.69) is 5.32 Å². The van der Waals surface area contributed by atoms with E-state index in [-0.39, 0.29) is 0 Å². The van der Waals surface area contributed by atoms with Crippen molar-refractivity contribution in [3.05, 3.63) is 21.3 Å². The molecule has 56 valence electrons. The molecule has 1 N–H and O–H groups in total. The third kappa shape index (κ3) is 2.26. The number of hydrogen-bond acceptors (Lipinski definition) is 4. The lowest BCUT2D eigenvalue weighted by molar-refractivity contribution is -0.403. The summed E-state index contributed by atoms with van der Waals surface area (Å²) in [5, 5.41) is 13.6. The average Bonchev–Trinajstić information content (AvgIpc) is 1.88. The summed E-state index contributed by atoms with van der Waals surface area (Å²) in [6.45, 7) is 0.854. The summed E-state index contributed by atoms with van der Waals surface area (Å²) in [5.41, 5.74) is 0. The molecule has 0 amide bonds. The highest BCUT2D eigenvalue weighted by Crippen LogP contribution is 2.17. The van der Waals surface area contributed by atoms with E-state index in [1.54, 1.807) is 0 Å². The molecule has 1 aliphatic heterocycles. The standard InChI is InChI=1S/C5H8N2O2S/c8-7(9)4-5-6-2-1-3-10-5/h4,6H,1-3H2/b5-4-. The Morgan fingerprint density at radius 2 is 2.60 bits per heavy atom.